The lowest BCUT2D eigenvalue weighted by Gasteiger charge is -2.37. The summed E-state index contributed by atoms with van der Waals surface area (Å²) in [5, 5.41) is 6.85. The molecular weight excluding hydrogens is 348 g/mol. The van der Waals surface area contributed by atoms with Crippen LogP contribution in [0.15, 0.2) is 41.6 Å². The number of hydrogen-bond acceptors (Lipinski definition) is 4. The number of allylic oxidation sites excluding steroid dienone is 1. The minimum absolute atomic E-state index is 0.116. The highest BCUT2D eigenvalue weighted by Crippen LogP contribution is 2.57. The zero-order valence-electron chi connectivity index (χ0n) is 16.8. The number of nitrogens with one attached hydrogen (secondary N) is 2. The van der Waals surface area contributed by atoms with Gasteiger partial charge in [-0.2, -0.15) is 0 Å². The van der Waals surface area contributed by atoms with Crippen molar-refractivity contribution in [3.63, 3.8) is 0 Å². The van der Waals surface area contributed by atoms with Crippen LogP contribution < -0.4 is 15.5 Å². The molecule has 5 heteroatoms. The molecule has 2 aliphatic heterocycles. The zero-order chi connectivity index (χ0) is 19.0. The van der Waals surface area contributed by atoms with Crippen LogP contribution in [-0.4, -0.2) is 49.7 Å². The number of carbonyl (C=O) groups excluding carboxylic acids is 1. The van der Waals surface area contributed by atoms with Crippen molar-refractivity contribution in [3.05, 3.63) is 41.6 Å². The molecule has 1 unspecified atom stereocenters. The van der Waals surface area contributed by atoms with Crippen molar-refractivity contribution in [1.29, 1.82) is 0 Å². The highest BCUT2D eigenvalue weighted by atomic mass is 16.2. The third-order valence-electron chi connectivity index (χ3n) is 7.17. The number of hydrogen-bond donors (Lipinski definition) is 2. The molecule has 1 saturated heterocycles. The standard InChI is InChI=1S/C23H32N4O/c28-22-19-17-23(10-11-23)9-8-20(19)24-21(25-22)7-4-12-26-13-15-27(16-14-26)18-5-2-1-3-6-18/h1-3,5-6,21,24H,4,7-17H2,(H,25,28). The molecule has 1 aromatic rings. The molecule has 4 aliphatic rings. The van der Waals surface area contributed by atoms with E-state index in [4.69, 9.17) is 0 Å². The number of anilines is 1. The number of para-hydroxylation sites is 1. The summed E-state index contributed by atoms with van der Waals surface area (Å²) in [7, 11) is 0. The van der Waals surface area contributed by atoms with Crippen molar-refractivity contribution in [2.75, 3.05) is 37.6 Å². The second-order valence-electron chi connectivity index (χ2n) is 9.11. The third-order valence-corrected chi connectivity index (χ3v) is 7.17. The molecule has 1 aromatic carbocycles. The van der Waals surface area contributed by atoms with Gasteiger partial charge in [0, 0.05) is 43.1 Å². The van der Waals surface area contributed by atoms with Gasteiger partial charge in [0.05, 0.1) is 6.17 Å². The Hall–Kier alpha value is -2.01. The van der Waals surface area contributed by atoms with Crippen LogP contribution in [0.2, 0.25) is 0 Å². The van der Waals surface area contributed by atoms with E-state index in [-0.39, 0.29) is 12.1 Å². The summed E-state index contributed by atoms with van der Waals surface area (Å²) in [6, 6.07) is 10.7. The first-order valence-corrected chi connectivity index (χ1v) is 11.0. The molecule has 5 rings (SSSR count). The lowest BCUT2D eigenvalue weighted by molar-refractivity contribution is -0.119. The van der Waals surface area contributed by atoms with Crippen LogP contribution in [0.3, 0.4) is 0 Å². The lowest BCUT2D eigenvalue weighted by Crippen LogP contribution is -2.52. The highest BCUT2D eigenvalue weighted by Gasteiger charge is 2.47. The van der Waals surface area contributed by atoms with Gasteiger partial charge in [-0.25, -0.2) is 0 Å². The fourth-order valence-electron chi connectivity index (χ4n) is 5.11. The SMILES string of the molecule is O=C1NC(CCCN2CCN(c3ccccc3)CC2)NC2=C1CC1(CC2)CC1. The Kier molecular flexibility index (Phi) is 4.79. The largest absolute Gasteiger partial charge is 0.369 e. The summed E-state index contributed by atoms with van der Waals surface area (Å²) in [6.45, 7) is 5.56. The highest BCUT2D eigenvalue weighted by molar-refractivity contribution is 5.95. The first-order valence-electron chi connectivity index (χ1n) is 11.0. The predicted molar refractivity (Wildman–Crippen MR) is 112 cm³/mol. The Balaban J connectivity index is 1.06. The van der Waals surface area contributed by atoms with Crippen LogP contribution in [0.4, 0.5) is 5.69 Å². The predicted octanol–water partition coefficient (Wildman–Crippen LogP) is 2.85. The van der Waals surface area contributed by atoms with Gasteiger partial charge >= 0.3 is 0 Å². The summed E-state index contributed by atoms with van der Waals surface area (Å²) in [6.07, 6.45) is 8.22. The molecule has 2 fully saturated rings. The number of benzene rings is 1. The molecule has 2 heterocycles. The second-order valence-corrected chi connectivity index (χ2v) is 9.11. The van der Waals surface area contributed by atoms with E-state index in [0.29, 0.717) is 5.41 Å². The summed E-state index contributed by atoms with van der Waals surface area (Å²) in [5.41, 5.74) is 4.12. The maximum absolute atomic E-state index is 12.6. The van der Waals surface area contributed by atoms with Gasteiger partial charge in [-0.1, -0.05) is 18.2 Å². The average molecular weight is 381 g/mol. The minimum Gasteiger partial charge on any atom is -0.369 e. The fraction of sp³-hybridized carbons (Fsp3) is 0.609. The van der Waals surface area contributed by atoms with Crippen LogP contribution in [0, 0.1) is 5.41 Å². The number of piperazine rings is 1. The van der Waals surface area contributed by atoms with Gasteiger partial charge in [0.2, 0.25) is 0 Å². The van der Waals surface area contributed by atoms with Gasteiger partial charge in [0.1, 0.15) is 0 Å². The van der Waals surface area contributed by atoms with Gasteiger partial charge < -0.3 is 15.5 Å². The summed E-state index contributed by atoms with van der Waals surface area (Å²) < 4.78 is 0. The molecule has 5 nitrogen and oxygen atoms in total. The molecule has 0 radical (unpaired) electrons. The van der Waals surface area contributed by atoms with Gasteiger partial charge in [0.25, 0.3) is 5.91 Å². The van der Waals surface area contributed by atoms with E-state index in [9.17, 15) is 4.79 Å². The van der Waals surface area contributed by atoms with Crippen LogP contribution in [0.25, 0.3) is 0 Å². The van der Waals surface area contributed by atoms with Crippen LogP contribution >= 0.6 is 0 Å². The van der Waals surface area contributed by atoms with E-state index >= 15 is 0 Å². The van der Waals surface area contributed by atoms with Crippen molar-refractivity contribution in [1.82, 2.24) is 15.5 Å². The van der Waals surface area contributed by atoms with Gasteiger partial charge in [-0.15, -0.1) is 0 Å². The first-order chi connectivity index (χ1) is 13.7. The molecule has 2 N–H and O–H groups in total. The van der Waals surface area contributed by atoms with E-state index in [0.717, 1.165) is 64.0 Å². The molecule has 28 heavy (non-hydrogen) atoms. The Bertz CT molecular complexity index is 747. The Morgan fingerprint density at radius 3 is 2.54 bits per heavy atom. The molecule has 1 atom stereocenters. The second kappa shape index (κ2) is 7.43. The van der Waals surface area contributed by atoms with E-state index in [1.165, 1.54) is 30.6 Å². The van der Waals surface area contributed by atoms with Gasteiger partial charge in [0.15, 0.2) is 0 Å². The quantitative estimate of drug-likeness (QED) is 0.825. The topological polar surface area (TPSA) is 47.6 Å². The van der Waals surface area contributed by atoms with Crippen LogP contribution in [0.1, 0.15) is 44.9 Å². The average Bonchev–Trinajstić information content (AvgIpc) is 3.49. The fourth-order valence-corrected chi connectivity index (χ4v) is 5.11. The summed E-state index contributed by atoms with van der Waals surface area (Å²) >= 11 is 0. The van der Waals surface area contributed by atoms with Gasteiger partial charge in [-0.05, 0) is 69.0 Å². The van der Waals surface area contributed by atoms with Crippen molar-refractivity contribution < 1.29 is 4.79 Å². The lowest BCUT2D eigenvalue weighted by atomic mass is 9.82. The smallest absolute Gasteiger partial charge is 0.250 e. The maximum Gasteiger partial charge on any atom is 0.250 e. The minimum atomic E-state index is 0.116. The number of amides is 1. The Morgan fingerprint density at radius 2 is 1.79 bits per heavy atom. The number of carbonyl (C=O) groups is 1. The first kappa shape index (κ1) is 18.0. The molecular formula is C23H32N4O. The molecule has 1 spiro atoms. The normalized spacial score (nSPS) is 26.6. The zero-order valence-corrected chi connectivity index (χ0v) is 16.8. The molecule has 1 amide bonds. The number of nitrogens with zero attached hydrogens (tertiary/aromatic N) is 2. The summed E-state index contributed by atoms with van der Waals surface area (Å²) in [5.74, 6) is 0.196. The molecule has 150 valence electrons. The van der Waals surface area contributed by atoms with Crippen LogP contribution in [0.5, 0.6) is 0 Å². The maximum atomic E-state index is 12.6. The molecule has 0 bridgehead atoms. The van der Waals surface area contributed by atoms with E-state index in [1.807, 2.05) is 0 Å². The Morgan fingerprint density at radius 1 is 1.00 bits per heavy atom. The third kappa shape index (κ3) is 3.77. The van der Waals surface area contributed by atoms with E-state index in [2.05, 4.69) is 50.8 Å². The van der Waals surface area contributed by atoms with Crippen LogP contribution in [-0.2, 0) is 4.79 Å². The van der Waals surface area contributed by atoms with Crippen molar-refractivity contribution in [2.24, 2.45) is 5.41 Å². The van der Waals surface area contributed by atoms with E-state index < -0.39 is 0 Å². The van der Waals surface area contributed by atoms with Crippen molar-refractivity contribution in [3.8, 4) is 0 Å². The van der Waals surface area contributed by atoms with E-state index in [1.54, 1.807) is 0 Å². The monoisotopic (exact) mass is 380 g/mol. The summed E-state index contributed by atoms with van der Waals surface area (Å²) in [4.78, 5) is 17.6. The van der Waals surface area contributed by atoms with Crippen molar-refractivity contribution >= 4 is 11.6 Å². The molecule has 0 aromatic heterocycles. The van der Waals surface area contributed by atoms with Gasteiger partial charge in [-0.3, -0.25) is 9.69 Å². The molecule has 1 saturated carbocycles. The van der Waals surface area contributed by atoms with Crippen molar-refractivity contribution in [2.45, 2.75) is 51.1 Å². The Labute approximate surface area is 168 Å². The number of rotatable bonds is 5. The molecule has 2 aliphatic carbocycles.